The van der Waals surface area contributed by atoms with E-state index in [1.165, 1.54) is 12.5 Å². The van der Waals surface area contributed by atoms with Gasteiger partial charge >= 0.3 is 5.97 Å². The van der Waals surface area contributed by atoms with Crippen LogP contribution in [0.15, 0.2) is 30.7 Å². The molecule has 0 saturated heterocycles. The first-order valence-corrected chi connectivity index (χ1v) is 13.9. The molecule has 3 rings (SSSR count). The molecule has 32 heavy (non-hydrogen) atoms. The summed E-state index contributed by atoms with van der Waals surface area (Å²) in [6.45, 7) is 9.24. The van der Waals surface area contributed by atoms with Crippen LogP contribution in [0.25, 0.3) is 22.3 Å². The van der Waals surface area contributed by atoms with Crippen molar-refractivity contribution in [2.24, 2.45) is 0 Å². The number of nitrogens with zero attached hydrogens (tertiary/aromatic N) is 4. The van der Waals surface area contributed by atoms with E-state index in [9.17, 15) is 19.3 Å². The Morgan fingerprint density at radius 1 is 1.28 bits per heavy atom. The predicted molar refractivity (Wildman–Crippen MR) is 120 cm³/mol. The Morgan fingerprint density at radius 2 is 2.03 bits per heavy atom. The molecule has 9 nitrogen and oxygen atoms in total. The van der Waals surface area contributed by atoms with Gasteiger partial charge in [0.1, 0.15) is 24.5 Å². The molecule has 0 unspecified atom stereocenters. The highest BCUT2D eigenvalue weighted by Gasteiger charge is 2.24. The molecule has 0 aliphatic rings. The Labute approximate surface area is 185 Å². The van der Waals surface area contributed by atoms with E-state index in [0.29, 0.717) is 12.3 Å². The summed E-state index contributed by atoms with van der Waals surface area (Å²) < 4.78 is 27.3. The molecule has 11 heteroatoms. The molecule has 0 radical (unpaired) electrons. The molecule has 3 aromatic rings. The topological polar surface area (TPSA) is 109 Å². The van der Waals surface area contributed by atoms with E-state index in [1.54, 1.807) is 11.5 Å². The van der Waals surface area contributed by atoms with Gasteiger partial charge in [-0.05, 0) is 19.0 Å². The average Bonchev–Trinajstić information content (AvgIpc) is 3.10. The molecule has 0 bridgehead atoms. The second-order valence-corrected chi connectivity index (χ2v) is 14.0. The number of carbonyl (C=O) groups is 1. The SMILES string of the molecule is CCOC(=O)c1cn(COCC[Si](C)(C)C)c2ncnc(-c3cc([N+](=O)[O-])ccc3F)c12. The van der Waals surface area contributed by atoms with Gasteiger partial charge in [0.25, 0.3) is 5.69 Å². The number of benzene rings is 1. The van der Waals surface area contributed by atoms with Crippen molar-refractivity contribution in [2.75, 3.05) is 13.2 Å². The number of esters is 1. The van der Waals surface area contributed by atoms with Crippen molar-refractivity contribution in [2.45, 2.75) is 39.3 Å². The maximum Gasteiger partial charge on any atom is 0.340 e. The molecule has 1 aromatic carbocycles. The molecular weight excluding hydrogens is 435 g/mol. The number of nitro groups is 1. The zero-order valence-corrected chi connectivity index (χ0v) is 19.4. The van der Waals surface area contributed by atoms with Crippen molar-refractivity contribution < 1.29 is 23.6 Å². The standard InChI is InChI=1S/C21H25FN4O5Si/c1-5-31-21(27)16-11-25(13-30-8-9-32(2,3)4)20-18(16)19(23-12-24-20)15-10-14(26(28)29)6-7-17(15)22/h6-7,10-12H,5,8-9,13H2,1-4H3. The number of carbonyl (C=O) groups excluding carboxylic acids is 1. The summed E-state index contributed by atoms with van der Waals surface area (Å²) >= 11 is 0. The second kappa shape index (κ2) is 9.53. The monoisotopic (exact) mass is 460 g/mol. The summed E-state index contributed by atoms with van der Waals surface area (Å²) in [7, 11) is -1.28. The third kappa shape index (κ3) is 5.17. The largest absolute Gasteiger partial charge is 0.462 e. The molecule has 2 heterocycles. The van der Waals surface area contributed by atoms with Gasteiger partial charge in [-0.3, -0.25) is 10.1 Å². The molecule has 0 saturated carbocycles. The quantitative estimate of drug-likeness (QED) is 0.150. The molecule has 0 atom stereocenters. The third-order valence-corrected chi connectivity index (χ3v) is 6.50. The normalized spacial score (nSPS) is 11.7. The van der Waals surface area contributed by atoms with E-state index in [1.807, 2.05) is 0 Å². The van der Waals surface area contributed by atoms with Gasteiger partial charge in [-0.25, -0.2) is 19.2 Å². The number of ether oxygens (including phenoxy) is 2. The number of hydrogen-bond acceptors (Lipinski definition) is 7. The smallest absolute Gasteiger partial charge is 0.340 e. The van der Waals surface area contributed by atoms with Crippen molar-refractivity contribution in [3.8, 4) is 11.3 Å². The zero-order chi connectivity index (χ0) is 23.5. The van der Waals surface area contributed by atoms with Crippen LogP contribution in [0.4, 0.5) is 10.1 Å². The van der Waals surface area contributed by atoms with Crippen molar-refractivity contribution in [1.82, 2.24) is 14.5 Å². The van der Waals surface area contributed by atoms with Gasteiger partial charge in [-0.2, -0.15) is 0 Å². The van der Waals surface area contributed by atoms with Crippen molar-refractivity contribution in [3.05, 3.63) is 52.2 Å². The molecule has 2 aromatic heterocycles. The minimum Gasteiger partial charge on any atom is -0.462 e. The molecule has 0 aliphatic carbocycles. The first kappa shape index (κ1) is 23.5. The van der Waals surface area contributed by atoms with E-state index in [0.717, 1.165) is 24.2 Å². The van der Waals surface area contributed by atoms with Gasteiger partial charge in [-0.1, -0.05) is 19.6 Å². The lowest BCUT2D eigenvalue weighted by atomic mass is 10.0. The summed E-state index contributed by atoms with van der Waals surface area (Å²) in [5, 5.41) is 11.4. The Bertz CT molecular complexity index is 1160. The predicted octanol–water partition coefficient (Wildman–Crippen LogP) is 4.63. The second-order valence-electron chi connectivity index (χ2n) is 8.42. The minimum absolute atomic E-state index is 0.0695. The van der Waals surface area contributed by atoms with Crippen LogP contribution < -0.4 is 0 Å². The van der Waals surface area contributed by atoms with Gasteiger partial charge in [-0.15, -0.1) is 0 Å². The van der Waals surface area contributed by atoms with Crippen molar-refractivity contribution >= 4 is 30.8 Å². The zero-order valence-electron chi connectivity index (χ0n) is 18.4. The number of rotatable bonds is 9. The van der Waals surface area contributed by atoms with Crippen LogP contribution in [-0.4, -0.2) is 46.7 Å². The Morgan fingerprint density at radius 3 is 2.69 bits per heavy atom. The van der Waals surface area contributed by atoms with Crippen LogP contribution in [-0.2, 0) is 16.2 Å². The number of halogens is 1. The van der Waals surface area contributed by atoms with Crippen LogP contribution in [0, 0.1) is 15.9 Å². The Balaban J connectivity index is 2.11. The third-order valence-electron chi connectivity index (χ3n) is 4.79. The number of non-ortho nitro benzene ring substituents is 1. The molecule has 0 aliphatic heterocycles. The molecule has 0 amide bonds. The van der Waals surface area contributed by atoms with E-state index in [4.69, 9.17) is 9.47 Å². The molecule has 170 valence electrons. The number of nitro benzene ring substituents is 1. The lowest BCUT2D eigenvalue weighted by Crippen LogP contribution is -2.22. The van der Waals surface area contributed by atoms with Gasteiger partial charge in [0.2, 0.25) is 0 Å². The van der Waals surface area contributed by atoms with E-state index < -0.39 is 24.8 Å². The van der Waals surface area contributed by atoms with E-state index >= 15 is 0 Å². The fourth-order valence-corrected chi connectivity index (χ4v) is 3.90. The fourth-order valence-electron chi connectivity index (χ4n) is 3.14. The lowest BCUT2D eigenvalue weighted by molar-refractivity contribution is -0.384. The summed E-state index contributed by atoms with van der Waals surface area (Å²) in [5.74, 6) is -1.33. The highest BCUT2D eigenvalue weighted by molar-refractivity contribution is 6.76. The van der Waals surface area contributed by atoms with Gasteiger partial charge < -0.3 is 14.0 Å². The van der Waals surface area contributed by atoms with Crippen molar-refractivity contribution in [1.29, 1.82) is 0 Å². The van der Waals surface area contributed by atoms with Crippen LogP contribution in [0.2, 0.25) is 25.7 Å². The fraction of sp³-hybridized carbons (Fsp3) is 0.381. The Kier molecular flexibility index (Phi) is 6.99. The lowest BCUT2D eigenvalue weighted by Gasteiger charge is -2.15. The summed E-state index contributed by atoms with van der Waals surface area (Å²) in [6.07, 6.45) is 2.76. The first-order chi connectivity index (χ1) is 15.1. The minimum atomic E-state index is -1.28. The number of fused-ring (bicyclic) bond motifs is 1. The number of hydrogen-bond donors (Lipinski definition) is 0. The van der Waals surface area contributed by atoms with Gasteiger partial charge in [0, 0.05) is 38.6 Å². The summed E-state index contributed by atoms with van der Waals surface area (Å²) in [4.78, 5) is 31.6. The van der Waals surface area contributed by atoms with E-state index in [-0.39, 0.29) is 41.2 Å². The highest BCUT2D eigenvalue weighted by atomic mass is 28.3. The summed E-state index contributed by atoms with van der Waals surface area (Å²) in [6, 6.07) is 4.13. The van der Waals surface area contributed by atoms with Gasteiger partial charge in [0.15, 0.2) is 0 Å². The molecular formula is C21H25FN4O5Si. The maximum absolute atomic E-state index is 14.7. The van der Waals surface area contributed by atoms with Crippen LogP contribution in [0.1, 0.15) is 17.3 Å². The van der Waals surface area contributed by atoms with Crippen LogP contribution in [0.3, 0.4) is 0 Å². The molecule has 0 spiro atoms. The van der Waals surface area contributed by atoms with Crippen LogP contribution in [0.5, 0.6) is 0 Å². The number of aromatic nitrogens is 3. The molecule has 0 N–H and O–H groups in total. The molecule has 0 fully saturated rings. The first-order valence-electron chi connectivity index (χ1n) is 10.2. The summed E-state index contributed by atoms with van der Waals surface area (Å²) in [5.41, 5.74) is 0.156. The average molecular weight is 461 g/mol. The van der Waals surface area contributed by atoms with Crippen molar-refractivity contribution in [3.63, 3.8) is 0 Å². The van der Waals surface area contributed by atoms with Crippen LogP contribution >= 0.6 is 0 Å². The Hall–Kier alpha value is -3.18. The van der Waals surface area contributed by atoms with E-state index in [2.05, 4.69) is 29.6 Å². The highest BCUT2D eigenvalue weighted by Crippen LogP contribution is 2.33. The maximum atomic E-state index is 14.7. The van der Waals surface area contributed by atoms with Gasteiger partial charge in [0.05, 0.1) is 28.2 Å².